The first-order valence-corrected chi connectivity index (χ1v) is 6.30. The van der Waals surface area contributed by atoms with Crippen molar-refractivity contribution in [1.29, 1.82) is 0 Å². The third-order valence-electron chi connectivity index (χ3n) is 2.49. The molecule has 1 heterocycles. The second kappa shape index (κ2) is 5.62. The Hall–Kier alpha value is -0.910. The van der Waals surface area contributed by atoms with Crippen molar-refractivity contribution in [2.45, 2.75) is 10.1 Å². The third kappa shape index (κ3) is 3.06. The number of ether oxygens (including phenoxy) is 1. The van der Waals surface area contributed by atoms with Crippen LogP contribution >= 0.6 is 11.8 Å². The molecule has 1 aliphatic heterocycles. The van der Waals surface area contributed by atoms with Crippen LogP contribution in [0.25, 0.3) is 0 Å². The van der Waals surface area contributed by atoms with Gasteiger partial charge in [-0.1, -0.05) is 6.07 Å². The summed E-state index contributed by atoms with van der Waals surface area (Å²) in [7, 11) is 1.69. The van der Waals surface area contributed by atoms with Crippen molar-refractivity contribution < 1.29 is 13.9 Å². The fourth-order valence-corrected chi connectivity index (χ4v) is 2.50. The average Bonchev–Trinajstić information content (AvgIpc) is 2.25. The normalized spacial score (nSPS) is 15.6. The Balaban J connectivity index is 2.07. The van der Waals surface area contributed by atoms with Crippen LogP contribution in [-0.4, -0.2) is 37.8 Å². The summed E-state index contributed by atoms with van der Waals surface area (Å²) in [5.41, 5.74) is 0.408. The van der Waals surface area contributed by atoms with Crippen LogP contribution in [0.3, 0.4) is 0 Å². The van der Waals surface area contributed by atoms with Crippen molar-refractivity contribution in [2.24, 2.45) is 0 Å². The van der Waals surface area contributed by atoms with Gasteiger partial charge in [-0.3, -0.25) is 4.79 Å². The zero-order valence-electron chi connectivity index (χ0n) is 9.53. The molecule has 0 radical (unpaired) electrons. The van der Waals surface area contributed by atoms with Crippen molar-refractivity contribution in [3.63, 3.8) is 0 Å². The molecule has 0 amide bonds. The van der Waals surface area contributed by atoms with Crippen LogP contribution in [-0.2, 0) is 4.74 Å². The van der Waals surface area contributed by atoms with Gasteiger partial charge in [0.05, 0.1) is 25.0 Å². The number of thioether (sulfide) groups is 1. The minimum Gasteiger partial charge on any atom is -0.379 e. The van der Waals surface area contributed by atoms with E-state index < -0.39 is 0 Å². The van der Waals surface area contributed by atoms with Gasteiger partial charge in [0.2, 0.25) is 0 Å². The number of hydrogen-bond donors (Lipinski definition) is 1. The van der Waals surface area contributed by atoms with Crippen molar-refractivity contribution >= 4 is 17.5 Å². The first-order chi connectivity index (χ1) is 8.20. The molecule has 0 atom stereocenters. The molecule has 0 aliphatic carbocycles. The second-order valence-corrected chi connectivity index (χ2v) is 5.22. The number of nitrogens with one attached hydrogen (secondary N) is 1. The lowest BCUT2D eigenvalue weighted by molar-refractivity contribution is 0.0455. The minimum absolute atomic E-state index is 0.102. The molecular weight excluding hydrogens is 241 g/mol. The molecule has 3 nitrogen and oxygen atoms in total. The van der Waals surface area contributed by atoms with Gasteiger partial charge in [-0.25, -0.2) is 4.39 Å². The molecule has 0 bridgehead atoms. The Kier molecular flexibility index (Phi) is 4.15. The fourth-order valence-electron chi connectivity index (χ4n) is 1.49. The fraction of sp³-hybridized carbons (Fsp3) is 0.417. The predicted molar refractivity (Wildman–Crippen MR) is 65.1 cm³/mol. The lowest BCUT2D eigenvalue weighted by atomic mass is 10.1. The smallest absolute Gasteiger partial charge is 0.176 e. The van der Waals surface area contributed by atoms with Gasteiger partial charge in [0, 0.05) is 10.5 Å². The van der Waals surface area contributed by atoms with Crippen molar-refractivity contribution in [3.8, 4) is 0 Å². The molecule has 17 heavy (non-hydrogen) atoms. The van der Waals surface area contributed by atoms with Crippen LogP contribution in [0, 0.1) is 5.82 Å². The summed E-state index contributed by atoms with van der Waals surface area (Å²) in [6.07, 6.45) is 0. The summed E-state index contributed by atoms with van der Waals surface area (Å²) in [4.78, 5) is 12.1. The topological polar surface area (TPSA) is 38.3 Å². The highest BCUT2D eigenvalue weighted by Crippen LogP contribution is 2.30. The van der Waals surface area contributed by atoms with Crippen molar-refractivity contribution in [1.82, 2.24) is 5.32 Å². The Bertz CT molecular complexity index is 421. The molecule has 1 saturated heterocycles. The van der Waals surface area contributed by atoms with Gasteiger partial charge in [0.15, 0.2) is 5.78 Å². The first-order valence-electron chi connectivity index (χ1n) is 5.42. The molecule has 0 unspecified atom stereocenters. The Morgan fingerprint density at radius 1 is 1.59 bits per heavy atom. The SMILES string of the molecule is CNCC(=O)c1ccc(SC2COC2)c(F)c1. The van der Waals surface area contributed by atoms with Crippen LogP contribution in [0.1, 0.15) is 10.4 Å². The van der Waals surface area contributed by atoms with Crippen LogP contribution in [0.2, 0.25) is 0 Å². The van der Waals surface area contributed by atoms with Crippen molar-refractivity contribution in [2.75, 3.05) is 26.8 Å². The molecule has 92 valence electrons. The van der Waals surface area contributed by atoms with Crippen LogP contribution in [0.4, 0.5) is 4.39 Å². The number of ketones is 1. The molecular formula is C12H14FNO2S. The van der Waals surface area contributed by atoms with Gasteiger partial charge >= 0.3 is 0 Å². The van der Waals surface area contributed by atoms with E-state index in [1.165, 1.54) is 17.8 Å². The van der Waals surface area contributed by atoms with Gasteiger partial charge < -0.3 is 10.1 Å². The average molecular weight is 255 g/mol. The van der Waals surface area contributed by atoms with E-state index in [2.05, 4.69) is 5.32 Å². The molecule has 1 aromatic rings. The number of likely N-dealkylation sites (N-methyl/N-ethyl adjacent to an activating group) is 1. The summed E-state index contributed by atoms with van der Waals surface area (Å²) in [6.45, 7) is 1.57. The molecule has 5 heteroatoms. The number of rotatable bonds is 5. The highest BCUT2D eigenvalue weighted by Gasteiger charge is 2.21. The van der Waals surface area contributed by atoms with E-state index in [4.69, 9.17) is 4.74 Å². The summed E-state index contributed by atoms with van der Waals surface area (Å²) >= 11 is 1.46. The number of benzene rings is 1. The van der Waals surface area contributed by atoms with Gasteiger partial charge in [-0.15, -0.1) is 11.8 Å². The number of hydrogen-bond acceptors (Lipinski definition) is 4. The van der Waals surface area contributed by atoms with Gasteiger partial charge in [0.1, 0.15) is 5.82 Å². The maximum atomic E-state index is 13.7. The lowest BCUT2D eigenvalue weighted by Gasteiger charge is -2.25. The number of carbonyl (C=O) groups excluding carboxylic acids is 1. The summed E-state index contributed by atoms with van der Waals surface area (Å²) < 4.78 is 18.8. The van der Waals surface area contributed by atoms with Gasteiger partial charge in [0.25, 0.3) is 0 Å². The molecule has 1 N–H and O–H groups in total. The monoisotopic (exact) mass is 255 g/mol. The third-order valence-corrected chi connectivity index (χ3v) is 3.68. The Morgan fingerprint density at radius 3 is 2.88 bits per heavy atom. The molecule has 1 aliphatic rings. The minimum atomic E-state index is -0.330. The standard InChI is InChI=1S/C12H14FNO2S/c1-14-5-11(15)8-2-3-12(10(13)4-8)17-9-6-16-7-9/h2-4,9,14H,5-7H2,1H3. The van der Waals surface area contributed by atoms with E-state index in [1.807, 2.05) is 0 Å². The highest BCUT2D eigenvalue weighted by molar-refractivity contribution is 8.00. The second-order valence-electron chi connectivity index (χ2n) is 3.88. The molecule has 0 spiro atoms. The summed E-state index contributed by atoms with van der Waals surface area (Å²) in [5, 5.41) is 3.09. The molecule has 1 aromatic carbocycles. The van der Waals surface area contributed by atoms with Gasteiger partial charge in [-0.05, 0) is 19.2 Å². The molecule has 1 fully saturated rings. The van der Waals surface area contributed by atoms with E-state index in [9.17, 15) is 9.18 Å². The number of halogens is 1. The maximum Gasteiger partial charge on any atom is 0.176 e. The molecule has 0 saturated carbocycles. The quantitative estimate of drug-likeness (QED) is 0.813. The summed E-state index contributed by atoms with van der Waals surface area (Å²) in [6, 6.07) is 4.65. The van der Waals surface area contributed by atoms with Gasteiger partial charge in [-0.2, -0.15) is 0 Å². The molecule has 0 aromatic heterocycles. The van der Waals surface area contributed by atoms with E-state index >= 15 is 0 Å². The van der Waals surface area contributed by atoms with E-state index in [0.717, 1.165) is 0 Å². The van der Waals surface area contributed by atoms with Crippen LogP contribution < -0.4 is 5.32 Å². The first kappa shape index (κ1) is 12.5. The van der Waals surface area contributed by atoms with E-state index in [-0.39, 0.29) is 18.1 Å². The Labute approximate surface area is 104 Å². The zero-order valence-corrected chi connectivity index (χ0v) is 10.3. The maximum absolute atomic E-state index is 13.7. The zero-order chi connectivity index (χ0) is 12.3. The molecule has 2 rings (SSSR count). The largest absolute Gasteiger partial charge is 0.379 e. The lowest BCUT2D eigenvalue weighted by Crippen LogP contribution is -2.30. The summed E-state index contributed by atoms with van der Waals surface area (Å²) in [5.74, 6) is -0.432. The number of carbonyl (C=O) groups is 1. The predicted octanol–water partition coefficient (Wildman–Crippen LogP) is 1.72. The van der Waals surface area contributed by atoms with E-state index in [0.29, 0.717) is 28.9 Å². The Morgan fingerprint density at radius 2 is 2.35 bits per heavy atom. The number of Topliss-reactive ketones (excluding diaryl/α,β-unsaturated/α-hetero) is 1. The van der Waals surface area contributed by atoms with Crippen LogP contribution in [0.15, 0.2) is 23.1 Å². The van der Waals surface area contributed by atoms with E-state index in [1.54, 1.807) is 19.2 Å². The van der Waals surface area contributed by atoms with Crippen LogP contribution in [0.5, 0.6) is 0 Å². The highest BCUT2D eigenvalue weighted by atomic mass is 32.2. The van der Waals surface area contributed by atoms with Crippen molar-refractivity contribution in [3.05, 3.63) is 29.6 Å².